The molecule has 0 aliphatic heterocycles. The summed E-state index contributed by atoms with van der Waals surface area (Å²) in [6, 6.07) is 6.62. The van der Waals surface area contributed by atoms with Crippen LogP contribution in [0.3, 0.4) is 0 Å². The highest BCUT2D eigenvalue weighted by Gasteiger charge is 2.17. The van der Waals surface area contributed by atoms with E-state index < -0.39 is 19.0 Å². The second-order valence-corrected chi connectivity index (χ2v) is 8.59. The van der Waals surface area contributed by atoms with E-state index in [1.54, 1.807) is 31.2 Å². The van der Waals surface area contributed by atoms with E-state index in [0.29, 0.717) is 9.37 Å². The summed E-state index contributed by atoms with van der Waals surface area (Å²) in [5, 5.41) is 0. The van der Waals surface area contributed by atoms with E-state index in [2.05, 4.69) is 19.7 Å². The molecule has 0 spiro atoms. The summed E-state index contributed by atoms with van der Waals surface area (Å²) in [7, 11) is -2.18. The molecule has 0 heterocycles. The SMILES string of the molecule is CC[S@](=O)(=NS(=O)(=O)Cl)c1ccccc1Br. The molecule has 16 heavy (non-hydrogen) atoms. The third-order valence-corrected chi connectivity index (χ3v) is 6.74. The molecule has 1 atom stereocenters. The number of hydrogen-bond donors (Lipinski definition) is 0. The van der Waals surface area contributed by atoms with Crippen molar-refractivity contribution in [1.82, 2.24) is 0 Å². The molecule has 8 heteroatoms. The fourth-order valence-corrected chi connectivity index (χ4v) is 5.83. The van der Waals surface area contributed by atoms with E-state index in [1.165, 1.54) is 0 Å². The third-order valence-electron chi connectivity index (χ3n) is 1.78. The normalized spacial score (nSPS) is 15.4. The summed E-state index contributed by atoms with van der Waals surface area (Å²) in [5.74, 6) is 0.0710. The molecule has 0 unspecified atom stereocenters. The van der Waals surface area contributed by atoms with Crippen molar-refractivity contribution in [3.8, 4) is 0 Å². The van der Waals surface area contributed by atoms with Gasteiger partial charge in [-0.1, -0.05) is 22.8 Å². The lowest BCUT2D eigenvalue weighted by molar-refractivity contribution is 0.611. The maximum absolute atomic E-state index is 12.3. The smallest absolute Gasteiger partial charge is 0.244 e. The van der Waals surface area contributed by atoms with Crippen molar-refractivity contribution in [2.75, 3.05) is 5.75 Å². The molecule has 90 valence electrons. The predicted octanol–water partition coefficient (Wildman–Crippen LogP) is 2.78. The van der Waals surface area contributed by atoms with Crippen molar-refractivity contribution in [2.24, 2.45) is 3.77 Å². The number of nitrogens with zero attached hydrogens (tertiary/aromatic N) is 1. The van der Waals surface area contributed by atoms with Gasteiger partial charge in [0.25, 0.3) is 0 Å². The van der Waals surface area contributed by atoms with E-state index in [-0.39, 0.29) is 5.75 Å². The largest absolute Gasteiger partial charge is 0.347 e. The number of rotatable bonds is 3. The predicted molar refractivity (Wildman–Crippen MR) is 68.3 cm³/mol. The summed E-state index contributed by atoms with van der Waals surface area (Å²) in [6.07, 6.45) is 0. The van der Waals surface area contributed by atoms with Gasteiger partial charge in [0.1, 0.15) is 0 Å². The second-order valence-electron chi connectivity index (χ2n) is 2.85. The first-order chi connectivity index (χ1) is 7.28. The molecular weight excluding hydrogens is 338 g/mol. The van der Waals surface area contributed by atoms with Gasteiger partial charge < -0.3 is 0 Å². The van der Waals surface area contributed by atoms with Gasteiger partial charge in [0, 0.05) is 20.9 Å². The van der Waals surface area contributed by atoms with Crippen LogP contribution in [0.2, 0.25) is 0 Å². The average Bonchev–Trinajstić information content (AvgIpc) is 2.15. The lowest BCUT2D eigenvalue weighted by Gasteiger charge is -2.08. The second kappa shape index (κ2) is 5.03. The van der Waals surface area contributed by atoms with Crippen molar-refractivity contribution >= 4 is 45.6 Å². The summed E-state index contributed by atoms with van der Waals surface area (Å²) < 4.78 is 37.9. The summed E-state index contributed by atoms with van der Waals surface area (Å²) in [4.78, 5) is 0.335. The Kier molecular flexibility index (Phi) is 4.39. The molecule has 1 rings (SSSR count). The minimum Gasteiger partial charge on any atom is -0.244 e. The van der Waals surface area contributed by atoms with Crippen molar-refractivity contribution < 1.29 is 12.6 Å². The van der Waals surface area contributed by atoms with Crippen LogP contribution in [0.15, 0.2) is 37.4 Å². The van der Waals surface area contributed by atoms with Crippen molar-refractivity contribution in [2.45, 2.75) is 11.8 Å². The van der Waals surface area contributed by atoms with Crippen LogP contribution in [0.4, 0.5) is 0 Å². The number of halogens is 2. The van der Waals surface area contributed by atoms with Crippen LogP contribution in [0.25, 0.3) is 0 Å². The minimum absolute atomic E-state index is 0.0710. The summed E-state index contributed by atoms with van der Waals surface area (Å²) >= 11 is 3.20. The highest BCUT2D eigenvalue weighted by molar-refractivity contribution is 9.10. The molecule has 0 amide bonds. The quantitative estimate of drug-likeness (QED) is 0.791. The Balaban J connectivity index is 3.57. The maximum Gasteiger partial charge on any atom is 0.347 e. The highest BCUT2D eigenvalue weighted by atomic mass is 79.9. The standard InChI is InChI=1S/C8H9BrClNO3S2/c1-2-15(12,11-16(10,13)14)8-6-4-3-5-7(8)9/h3-6H,2H2,1H3/t15-/m1/s1. The van der Waals surface area contributed by atoms with Crippen LogP contribution < -0.4 is 0 Å². The molecule has 0 radical (unpaired) electrons. The lowest BCUT2D eigenvalue weighted by atomic mass is 10.4. The Labute approximate surface area is 108 Å². The zero-order chi connectivity index (χ0) is 12.4. The Bertz CT molecular complexity index is 605. The Hall–Kier alpha value is -0.110. The first-order valence-electron chi connectivity index (χ1n) is 4.24. The van der Waals surface area contributed by atoms with Crippen molar-refractivity contribution in [3.05, 3.63) is 28.7 Å². The van der Waals surface area contributed by atoms with E-state index in [4.69, 9.17) is 10.7 Å². The van der Waals surface area contributed by atoms with Gasteiger partial charge in [-0.15, -0.1) is 0 Å². The number of benzene rings is 1. The number of hydrogen-bond acceptors (Lipinski definition) is 3. The fourth-order valence-electron chi connectivity index (χ4n) is 1.10. The van der Waals surface area contributed by atoms with Crippen LogP contribution in [-0.2, 0) is 19.0 Å². The zero-order valence-corrected chi connectivity index (χ0v) is 12.2. The molecular formula is C8H9BrClNO3S2. The molecule has 0 aliphatic carbocycles. The molecule has 4 nitrogen and oxygen atoms in total. The Morgan fingerprint density at radius 3 is 2.31 bits per heavy atom. The van der Waals surface area contributed by atoms with Crippen LogP contribution >= 0.6 is 26.6 Å². The van der Waals surface area contributed by atoms with Gasteiger partial charge in [0.05, 0.1) is 14.6 Å². The van der Waals surface area contributed by atoms with Gasteiger partial charge in [-0.2, -0.15) is 8.42 Å². The molecule has 0 bridgehead atoms. The van der Waals surface area contributed by atoms with Crippen molar-refractivity contribution in [1.29, 1.82) is 0 Å². The van der Waals surface area contributed by atoms with Crippen molar-refractivity contribution in [3.63, 3.8) is 0 Å². The van der Waals surface area contributed by atoms with E-state index >= 15 is 0 Å². The molecule has 0 aliphatic rings. The molecule has 0 saturated heterocycles. The monoisotopic (exact) mass is 345 g/mol. The molecule has 0 N–H and O–H groups in total. The minimum atomic E-state index is -4.16. The van der Waals surface area contributed by atoms with E-state index in [1.807, 2.05) is 0 Å². The first kappa shape index (κ1) is 14.0. The summed E-state index contributed by atoms with van der Waals surface area (Å²) in [6.45, 7) is 1.59. The van der Waals surface area contributed by atoms with Crippen LogP contribution in [0.1, 0.15) is 6.92 Å². The Morgan fingerprint density at radius 2 is 1.88 bits per heavy atom. The van der Waals surface area contributed by atoms with Gasteiger partial charge in [0.15, 0.2) is 0 Å². The van der Waals surface area contributed by atoms with Gasteiger partial charge in [-0.25, -0.2) is 4.21 Å². The van der Waals surface area contributed by atoms with Gasteiger partial charge in [0.2, 0.25) is 0 Å². The van der Waals surface area contributed by atoms with Gasteiger partial charge >= 0.3 is 9.24 Å². The van der Waals surface area contributed by atoms with Crippen LogP contribution in [0.5, 0.6) is 0 Å². The zero-order valence-electron chi connectivity index (χ0n) is 8.26. The molecule has 1 aromatic rings. The molecule has 0 saturated carbocycles. The molecule has 0 aromatic heterocycles. The molecule has 1 aromatic carbocycles. The summed E-state index contributed by atoms with van der Waals surface area (Å²) in [5.41, 5.74) is 0. The fraction of sp³-hybridized carbons (Fsp3) is 0.250. The van der Waals surface area contributed by atoms with Crippen LogP contribution in [-0.4, -0.2) is 18.4 Å². The maximum atomic E-state index is 12.3. The Morgan fingerprint density at radius 1 is 1.31 bits per heavy atom. The molecule has 0 fully saturated rings. The lowest BCUT2D eigenvalue weighted by Crippen LogP contribution is -2.06. The van der Waals surface area contributed by atoms with E-state index in [0.717, 1.165) is 0 Å². The van der Waals surface area contributed by atoms with Gasteiger partial charge in [-0.3, -0.25) is 0 Å². The van der Waals surface area contributed by atoms with Gasteiger partial charge in [-0.05, 0) is 28.1 Å². The first-order valence-corrected chi connectivity index (χ1v) is 8.98. The van der Waals surface area contributed by atoms with E-state index in [9.17, 15) is 12.6 Å². The average molecular weight is 347 g/mol. The highest BCUT2D eigenvalue weighted by Crippen LogP contribution is 2.25. The third kappa shape index (κ3) is 3.44. The topological polar surface area (TPSA) is 63.6 Å². The van der Waals surface area contributed by atoms with Crippen LogP contribution in [0, 0.1) is 0 Å².